The Hall–Kier alpha value is -1.48. The fraction of sp³-hybridized carbons (Fsp3) is 0.143. The Labute approximate surface area is 146 Å². The molecule has 0 saturated heterocycles. The van der Waals surface area contributed by atoms with Crippen molar-refractivity contribution in [1.82, 2.24) is 4.72 Å². The van der Waals surface area contributed by atoms with E-state index in [1.807, 2.05) is 0 Å². The normalized spacial score (nSPS) is 12.4. The molecule has 0 fully saturated rings. The number of hydrogen-bond donors (Lipinski definition) is 2. The summed E-state index contributed by atoms with van der Waals surface area (Å²) in [6, 6.07) is 7.01. The molecule has 0 heterocycles. The van der Waals surface area contributed by atoms with Crippen molar-refractivity contribution in [3.63, 3.8) is 0 Å². The Morgan fingerprint density at radius 2 is 1.75 bits per heavy atom. The number of nitrogen functional groups attached to an aromatic ring is 1. The molecule has 2 aromatic carbocycles. The van der Waals surface area contributed by atoms with Gasteiger partial charge in [0, 0.05) is 11.6 Å². The molecule has 0 atom stereocenters. The predicted molar refractivity (Wildman–Crippen MR) is 86.3 cm³/mol. The summed E-state index contributed by atoms with van der Waals surface area (Å²) in [5.74, 6) is 0. The second-order valence-electron chi connectivity index (χ2n) is 4.79. The Kier molecular flexibility index (Phi) is 5.34. The van der Waals surface area contributed by atoms with Crippen LogP contribution in [0, 0.1) is 0 Å². The fourth-order valence-electron chi connectivity index (χ4n) is 2.06. The Bertz CT molecular complexity index is 848. The number of alkyl halides is 3. The lowest BCUT2D eigenvalue weighted by Crippen LogP contribution is -2.26. The maximum atomic E-state index is 12.9. The second-order valence-corrected chi connectivity index (χ2v) is 7.33. The van der Waals surface area contributed by atoms with Crippen molar-refractivity contribution in [2.24, 2.45) is 0 Å². The van der Waals surface area contributed by atoms with Gasteiger partial charge in [-0.25, -0.2) is 13.1 Å². The number of anilines is 1. The molecular formula is C14H11Cl2F3N2O2S. The summed E-state index contributed by atoms with van der Waals surface area (Å²) in [6.45, 7) is -0.573. The van der Waals surface area contributed by atoms with Crippen LogP contribution in [0.5, 0.6) is 0 Å². The van der Waals surface area contributed by atoms with Crippen molar-refractivity contribution >= 4 is 38.9 Å². The van der Waals surface area contributed by atoms with Crippen LogP contribution in [-0.4, -0.2) is 8.42 Å². The third-order valence-electron chi connectivity index (χ3n) is 3.08. The summed E-state index contributed by atoms with van der Waals surface area (Å²) in [4.78, 5) is -0.432. The number of nitrogens with two attached hydrogens (primary N) is 1. The Morgan fingerprint density at radius 3 is 2.33 bits per heavy atom. The van der Waals surface area contributed by atoms with E-state index in [1.165, 1.54) is 30.3 Å². The van der Waals surface area contributed by atoms with Gasteiger partial charge < -0.3 is 5.73 Å². The topological polar surface area (TPSA) is 72.2 Å². The van der Waals surface area contributed by atoms with Crippen LogP contribution in [0.4, 0.5) is 18.9 Å². The Morgan fingerprint density at radius 1 is 1.12 bits per heavy atom. The standard InChI is InChI=1S/C14H11Cl2F3N2O2S/c15-9-5-11(16)13(12(20)6-9)24(22,23)21-7-8-3-1-2-4-10(8)14(17,18)19/h1-6,21H,7,20H2. The lowest BCUT2D eigenvalue weighted by Gasteiger charge is -2.15. The minimum absolute atomic E-state index is 0.138. The van der Waals surface area contributed by atoms with Crippen molar-refractivity contribution in [1.29, 1.82) is 0 Å². The molecular weight excluding hydrogens is 388 g/mol. The van der Waals surface area contributed by atoms with Crippen molar-refractivity contribution in [3.05, 3.63) is 57.6 Å². The van der Waals surface area contributed by atoms with Gasteiger partial charge in [-0.3, -0.25) is 0 Å². The smallest absolute Gasteiger partial charge is 0.398 e. The van der Waals surface area contributed by atoms with Crippen LogP contribution in [0.1, 0.15) is 11.1 Å². The van der Waals surface area contributed by atoms with Crippen LogP contribution in [0.25, 0.3) is 0 Å². The highest BCUT2D eigenvalue weighted by Gasteiger charge is 2.33. The van der Waals surface area contributed by atoms with Crippen LogP contribution >= 0.6 is 23.2 Å². The number of hydrogen-bond acceptors (Lipinski definition) is 3. The van der Waals surface area contributed by atoms with E-state index in [9.17, 15) is 21.6 Å². The monoisotopic (exact) mass is 398 g/mol. The van der Waals surface area contributed by atoms with Crippen LogP contribution in [0.3, 0.4) is 0 Å². The zero-order chi connectivity index (χ0) is 18.1. The van der Waals surface area contributed by atoms with Gasteiger partial charge in [0.2, 0.25) is 10.0 Å². The minimum Gasteiger partial charge on any atom is -0.398 e. The van der Waals surface area contributed by atoms with E-state index in [0.717, 1.165) is 6.07 Å². The number of benzene rings is 2. The number of nitrogens with one attached hydrogen (secondary N) is 1. The summed E-state index contributed by atoms with van der Waals surface area (Å²) < 4.78 is 65.5. The van der Waals surface area contributed by atoms with E-state index in [2.05, 4.69) is 4.72 Å². The molecule has 0 bridgehead atoms. The van der Waals surface area contributed by atoms with Crippen LogP contribution < -0.4 is 10.5 Å². The van der Waals surface area contributed by atoms with Gasteiger partial charge in [-0.1, -0.05) is 41.4 Å². The van der Waals surface area contributed by atoms with Gasteiger partial charge >= 0.3 is 6.18 Å². The van der Waals surface area contributed by atoms with Crippen molar-refractivity contribution < 1.29 is 21.6 Å². The maximum absolute atomic E-state index is 12.9. The summed E-state index contributed by atoms with van der Waals surface area (Å²) in [5, 5.41) is -0.0875. The summed E-state index contributed by atoms with van der Waals surface area (Å²) >= 11 is 11.6. The second kappa shape index (κ2) is 6.79. The SMILES string of the molecule is Nc1cc(Cl)cc(Cl)c1S(=O)(=O)NCc1ccccc1C(F)(F)F. The zero-order valence-electron chi connectivity index (χ0n) is 11.9. The van der Waals surface area contributed by atoms with E-state index in [1.54, 1.807) is 0 Å². The van der Waals surface area contributed by atoms with E-state index < -0.39 is 33.2 Å². The molecule has 0 aromatic heterocycles. The average Bonchev–Trinajstić information content (AvgIpc) is 2.43. The van der Waals surface area contributed by atoms with Gasteiger partial charge in [0.1, 0.15) is 4.90 Å². The molecule has 0 aliphatic heterocycles. The van der Waals surface area contributed by atoms with Gasteiger partial charge in [-0.2, -0.15) is 13.2 Å². The van der Waals surface area contributed by atoms with Crippen molar-refractivity contribution in [3.8, 4) is 0 Å². The molecule has 130 valence electrons. The first-order valence-electron chi connectivity index (χ1n) is 6.41. The van der Waals surface area contributed by atoms with Crippen LogP contribution in [0.2, 0.25) is 10.0 Å². The third kappa shape index (κ3) is 4.13. The van der Waals surface area contributed by atoms with E-state index >= 15 is 0 Å². The van der Waals surface area contributed by atoms with E-state index in [0.29, 0.717) is 0 Å². The first-order valence-corrected chi connectivity index (χ1v) is 8.65. The van der Waals surface area contributed by atoms with E-state index in [4.69, 9.17) is 28.9 Å². The summed E-state index contributed by atoms with van der Waals surface area (Å²) in [5.41, 5.74) is 4.25. The Balaban J connectivity index is 2.34. The summed E-state index contributed by atoms with van der Waals surface area (Å²) in [6.07, 6.45) is -4.60. The van der Waals surface area contributed by atoms with E-state index in [-0.39, 0.29) is 21.3 Å². The van der Waals surface area contributed by atoms with Crippen LogP contribution in [0.15, 0.2) is 41.3 Å². The minimum atomic E-state index is -4.60. The molecule has 2 rings (SSSR count). The molecule has 0 saturated carbocycles. The molecule has 24 heavy (non-hydrogen) atoms. The quantitative estimate of drug-likeness (QED) is 0.762. The zero-order valence-corrected chi connectivity index (χ0v) is 14.2. The van der Waals surface area contributed by atoms with Gasteiger partial charge in [-0.05, 0) is 23.8 Å². The molecule has 4 nitrogen and oxygen atoms in total. The van der Waals surface area contributed by atoms with Gasteiger partial charge in [-0.15, -0.1) is 0 Å². The molecule has 0 aliphatic rings. The largest absolute Gasteiger partial charge is 0.416 e. The number of rotatable bonds is 4. The van der Waals surface area contributed by atoms with Gasteiger partial charge in [0.05, 0.1) is 16.3 Å². The highest BCUT2D eigenvalue weighted by molar-refractivity contribution is 7.89. The van der Waals surface area contributed by atoms with Crippen molar-refractivity contribution in [2.75, 3.05) is 5.73 Å². The molecule has 0 aliphatic carbocycles. The molecule has 10 heteroatoms. The predicted octanol–water partition coefficient (Wildman–Crippen LogP) is 4.07. The maximum Gasteiger partial charge on any atom is 0.416 e. The number of halogens is 5. The third-order valence-corrected chi connectivity index (χ3v) is 5.23. The first-order chi connectivity index (χ1) is 11.0. The molecule has 0 unspecified atom stereocenters. The molecule has 0 amide bonds. The fourth-order valence-corrected chi connectivity index (χ4v) is 4.05. The highest BCUT2D eigenvalue weighted by Crippen LogP contribution is 2.33. The lowest BCUT2D eigenvalue weighted by molar-refractivity contribution is -0.138. The van der Waals surface area contributed by atoms with Gasteiger partial charge in [0.25, 0.3) is 0 Å². The molecule has 0 radical (unpaired) electrons. The molecule has 0 spiro atoms. The average molecular weight is 399 g/mol. The van der Waals surface area contributed by atoms with Crippen LogP contribution in [-0.2, 0) is 22.7 Å². The molecule has 2 aromatic rings. The lowest BCUT2D eigenvalue weighted by atomic mass is 10.1. The first kappa shape index (κ1) is 18.9. The number of sulfonamides is 1. The van der Waals surface area contributed by atoms with Crippen molar-refractivity contribution in [2.45, 2.75) is 17.6 Å². The summed E-state index contributed by atoms with van der Waals surface area (Å²) in [7, 11) is -4.23. The van der Waals surface area contributed by atoms with Gasteiger partial charge in [0.15, 0.2) is 0 Å². The highest BCUT2D eigenvalue weighted by atomic mass is 35.5. The molecule has 3 N–H and O–H groups in total.